The second kappa shape index (κ2) is 16.0. The fraction of sp³-hybridized carbons (Fsp3) is 0.870. The molecule has 0 aromatic rings. The van der Waals surface area contributed by atoms with Gasteiger partial charge in [0.1, 0.15) is 5.92 Å². The topological polar surface area (TPSA) is 182 Å². The van der Waals surface area contributed by atoms with Gasteiger partial charge >= 0.3 is 0 Å². The van der Waals surface area contributed by atoms with Crippen molar-refractivity contribution in [3.05, 3.63) is 0 Å². The molecule has 3 amide bonds. The second-order valence-corrected chi connectivity index (χ2v) is 9.64. The van der Waals surface area contributed by atoms with Gasteiger partial charge < -0.3 is 45.3 Å². The quantitative estimate of drug-likeness (QED) is 0.126. The molecule has 206 valence electrons. The summed E-state index contributed by atoms with van der Waals surface area (Å²) in [6.07, 6.45) is -6.36. The molecule has 0 heterocycles. The Morgan fingerprint density at radius 1 is 0.486 bits per heavy atom. The van der Waals surface area contributed by atoms with E-state index in [1.807, 2.05) is 0 Å². The van der Waals surface area contributed by atoms with Crippen molar-refractivity contribution in [3.63, 3.8) is 0 Å². The molecule has 0 rings (SSSR count). The van der Waals surface area contributed by atoms with Crippen molar-refractivity contribution in [2.45, 2.75) is 84.6 Å². The summed E-state index contributed by atoms with van der Waals surface area (Å²) in [5.74, 6) is -3.86. The molecule has 0 fully saturated rings. The van der Waals surface area contributed by atoms with Crippen LogP contribution in [-0.2, 0) is 14.4 Å². The van der Waals surface area contributed by atoms with Crippen LogP contribution in [0.1, 0.15) is 48.0 Å². The zero-order chi connectivity index (χ0) is 27.5. The van der Waals surface area contributed by atoms with Crippen molar-refractivity contribution < 1.29 is 45.0 Å². The highest BCUT2D eigenvalue weighted by molar-refractivity contribution is 6.03. The summed E-state index contributed by atoms with van der Waals surface area (Å²) in [5.41, 5.74) is 0. The number of amides is 3. The summed E-state index contributed by atoms with van der Waals surface area (Å²) >= 11 is 0. The Kier molecular flexibility index (Phi) is 15.2. The maximum Gasteiger partial charge on any atom is 0.235 e. The van der Waals surface area contributed by atoms with Gasteiger partial charge in [-0.25, -0.2) is 0 Å². The van der Waals surface area contributed by atoms with E-state index < -0.39 is 66.7 Å². The van der Waals surface area contributed by atoms with Gasteiger partial charge in [0.2, 0.25) is 17.7 Å². The third kappa shape index (κ3) is 13.7. The number of carbonyl (C=O) groups is 3. The van der Waals surface area contributed by atoms with Gasteiger partial charge in [0.15, 0.2) is 0 Å². The molecule has 0 radical (unpaired) electrons. The predicted molar refractivity (Wildman–Crippen MR) is 128 cm³/mol. The molecule has 0 saturated carbocycles. The molecule has 0 aliphatic rings. The van der Waals surface area contributed by atoms with Gasteiger partial charge in [-0.3, -0.25) is 14.4 Å². The van der Waals surface area contributed by atoms with Gasteiger partial charge in [-0.05, 0) is 41.5 Å². The average molecular weight is 508 g/mol. The van der Waals surface area contributed by atoms with Crippen LogP contribution in [0, 0.1) is 5.92 Å². The van der Waals surface area contributed by atoms with Crippen LogP contribution in [0.3, 0.4) is 0 Å². The molecule has 0 aromatic carbocycles. The van der Waals surface area contributed by atoms with Crippen LogP contribution in [0.4, 0.5) is 0 Å². The lowest BCUT2D eigenvalue weighted by Gasteiger charge is -2.34. The minimum Gasteiger partial charge on any atom is -0.392 e. The van der Waals surface area contributed by atoms with E-state index in [4.69, 9.17) is 0 Å². The van der Waals surface area contributed by atoms with Crippen molar-refractivity contribution in [2.24, 2.45) is 5.92 Å². The fourth-order valence-electron chi connectivity index (χ4n) is 3.73. The molecule has 0 aliphatic heterocycles. The van der Waals surface area contributed by atoms with E-state index >= 15 is 0 Å². The Bertz CT molecular complexity index is 588. The lowest BCUT2D eigenvalue weighted by atomic mass is 9.99. The molecule has 12 heteroatoms. The second-order valence-electron chi connectivity index (χ2n) is 9.64. The van der Waals surface area contributed by atoms with Crippen LogP contribution < -0.4 is 0 Å². The summed E-state index contributed by atoms with van der Waals surface area (Å²) in [5, 5.41) is 59.0. The Balaban J connectivity index is 6.27. The van der Waals surface area contributed by atoms with E-state index in [1.165, 1.54) is 41.5 Å². The van der Waals surface area contributed by atoms with Crippen LogP contribution in [0.25, 0.3) is 0 Å². The SMILES string of the molecule is CC(O)CN(CC(C)O)C(=O)CC(C(=O)N(CC(C)O)CC(C)O)C(=O)N(CC(C)O)CC(C)O. The number of hydrogen-bond acceptors (Lipinski definition) is 9. The van der Waals surface area contributed by atoms with Crippen molar-refractivity contribution in [3.8, 4) is 0 Å². The molecule has 0 aromatic heterocycles. The summed E-state index contributed by atoms with van der Waals surface area (Å²) in [6.45, 7) is 7.61. The number of nitrogens with zero attached hydrogens (tertiary/aromatic N) is 3. The van der Waals surface area contributed by atoms with E-state index in [0.717, 1.165) is 14.7 Å². The third-order valence-corrected chi connectivity index (χ3v) is 4.86. The molecule has 35 heavy (non-hydrogen) atoms. The average Bonchev–Trinajstić information content (AvgIpc) is 2.67. The molecule has 6 N–H and O–H groups in total. The van der Waals surface area contributed by atoms with Crippen molar-refractivity contribution in [1.29, 1.82) is 0 Å². The van der Waals surface area contributed by atoms with Crippen LogP contribution >= 0.6 is 0 Å². The zero-order valence-electron chi connectivity index (χ0n) is 21.7. The standard InChI is InChI=1S/C23H45N3O9/c1-14(27)8-24(9-15(2)28)21(33)7-20(22(34)25(10-16(3)29)11-17(4)30)23(35)26(12-18(5)31)13-19(6)32/h14-20,27-32H,7-13H2,1-6H3. The van der Waals surface area contributed by atoms with E-state index in [-0.39, 0.29) is 39.3 Å². The first-order valence-electron chi connectivity index (χ1n) is 12.0. The highest BCUT2D eigenvalue weighted by Gasteiger charge is 2.38. The summed E-state index contributed by atoms with van der Waals surface area (Å²) < 4.78 is 0. The summed E-state index contributed by atoms with van der Waals surface area (Å²) in [6, 6.07) is 0. The molecule has 0 aliphatic carbocycles. The highest BCUT2D eigenvalue weighted by Crippen LogP contribution is 2.17. The highest BCUT2D eigenvalue weighted by atomic mass is 16.3. The van der Waals surface area contributed by atoms with Crippen molar-refractivity contribution >= 4 is 17.7 Å². The van der Waals surface area contributed by atoms with E-state index in [1.54, 1.807) is 0 Å². The Morgan fingerprint density at radius 2 is 0.714 bits per heavy atom. The first-order valence-corrected chi connectivity index (χ1v) is 12.0. The van der Waals surface area contributed by atoms with E-state index in [2.05, 4.69) is 0 Å². The summed E-state index contributed by atoms with van der Waals surface area (Å²) in [4.78, 5) is 43.5. The molecule has 6 unspecified atom stereocenters. The first kappa shape index (κ1) is 33.2. The molecule has 6 atom stereocenters. The molecule has 0 spiro atoms. The molecule has 0 bridgehead atoms. The zero-order valence-corrected chi connectivity index (χ0v) is 21.7. The van der Waals surface area contributed by atoms with Gasteiger partial charge in [0, 0.05) is 45.7 Å². The monoisotopic (exact) mass is 507 g/mol. The maximum absolute atomic E-state index is 13.5. The van der Waals surface area contributed by atoms with E-state index in [9.17, 15) is 45.0 Å². The Morgan fingerprint density at radius 3 is 0.943 bits per heavy atom. The Labute approximate surface area is 207 Å². The van der Waals surface area contributed by atoms with Gasteiger partial charge in [0.25, 0.3) is 0 Å². The molecular weight excluding hydrogens is 462 g/mol. The van der Waals surface area contributed by atoms with Gasteiger partial charge in [-0.2, -0.15) is 0 Å². The first-order chi connectivity index (χ1) is 16.0. The normalized spacial score (nSPS) is 17.5. The predicted octanol–water partition coefficient (Wildman–Crippen LogP) is -2.24. The maximum atomic E-state index is 13.5. The molecular formula is C23H45N3O9. The molecule has 0 saturated heterocycles. The number of rotatable bonds is 16. The van der Waals surface area contributed by atoms with Crippen LogP contribution in [0.15, 0.2) is 0 Å². The van der Waals surface area contributed by atoms with E-state index in [0.29, 0.717) is 0 Å². The Hall–Kier alpha value is -1.83. The summed E-state index contributed by atoms with van der Waals surface area (Å²) in [7, 11) is 0. The van der Waals surface area contributed by atoms with Gasteiger partial charge in [-0.15, -0.1) is 0 Å². The number of aliphatic hydroxyl groups is 6. The molecule has 12 nitrogen and oxygen atoms in total. The minimum atomic E-state index is -1.58. The lowest BCUT2D eigenvalue weighted by molar-refractivity contribution is -0.154. The number of carbonyl (C=O) groups excluding carboxylic acids is 3. The third-order valence-electron chi connectivity index (χ3n) is 4.86. The largest absolute Gasteiger partial charge is 0.392 e. The smallest absolute Gasteiger partial charge is 0.235 e. The van der Waals surface area contributed by atoms with Crippen LogP contribution in [0.2, 0.25) is 0 Å². The van der Waals surface area contributed by atoms with Gasteiger partial charge in [-0.1, -0.05) is 0 Å². The number of aliphatic hydroxyl groups excluding tert-OH is 6. The fourth-order valence-corrected chi connectivity index (χ4v) is 3.73. The van der Waals surface area contributed by atoms with Crippen molar-refractivity contribution in [1.82, 2.24) is 14.7 Å². The van der Waals surface area contributed by atoms with Crippen LogP contribution in [-0.4, -0.2) is 139 Å². The van der Waals surface area contributed by atoms with Gasteiger partial charge in [0.05, 0.1) is 36.6 Å². The number of hydrogen-bond donors (Lipinski definition) is 6. The van der Waals surface area contributed by atoms with Crippen molar-refractivity contribution in [2.75, 3.05) is 39.3 Å². The lowest BCUT2D eigenvalue weighted by Crippen LogP contribution is -2.52. The minimum absolute atomic E-state index is 0.130. The van der Waals surface area contributed by atoms with Crippen LogP contribution in [0.5, 0.6) is 0 Å².